The molecule has 0 saturated heterocycles. The third-order valence-corrected chi connectivity index (χ3v) is 3.55. The van der Waals surface area contributed by atoms with Gasteiger partial charge in [0.1, 0.15) is 0 Å². The maximum Gasteiger partial charge on any atom is 0.0346 e. The number of pyridine rings is 1. The Hall–Kier alpha value is -1.41. The van der Waals surface area contributed by atoms with Crippen molar-refractivity contribution in [2.75, 3.05) is 13.1 Å². The molecule has 0 fully saturated rings. The predicted molar refractivity (Wildman–Crippen MR) is 82.5 cm³/mol. The highest BCUT2D eigenvalue weighted by atomic mass is 14.8. The molecule has 2 rings (SSSR count). The van der Waals surface area contributed by atoms with Gasteiger partial charge in [-0.15, -0.1) is 0 Å². The fourth-order valence-electron chi connectivity index (χ4n) is 2.44. The van der Waals surface area contributed by atoms with E-state index in [1.807, 2.05) is 12.4 Å². The number of hydrogen-bond donors (Lipinski definition) is 1. The number of fused-ring (bicyclic) bond motifs is 1. The first kappa shape index (κ1) is 14.0. The van der Waals surface area contributed by atoms with E-state index in [1.54, 1.807) is 0 Å². The minimum Gasteiger partial charge on any atom is -0.316 e. The van der Waals surface area contributed by atoms with Crippen molar-refractivity contribution in [1.29, 1.82) is 0 Å². The fraction of sp³-hybridized carbons (Fsp3) is 0.471. The second kappa shape index (κ2) is 6.67. The molecule has 1 aromatic carbocycles. The molecule has 1 unspecified atom stereocenters. The summed E-state index contributed by atoms with van der Waals surface area (Å²) in [6.07, 6.45) is 5.01. The van der Waals surface area contributed by atoms with Gasteiger partial charge in [-0.05, 0) is 48.4 Å². The second-order valence-electron chi connectivity index (χ2n) is 5.73. The highest BCUT2D eigenvalue weighted by Gasteiger charge is 2.09. The minimum atomic E-state index is 0.575. The lowest BCUT2D eigenvalue weighted by atomic mass is 9.93. The van der Waals surface area contributed by atoms with Gasteiger partial charge < -0.3 is 5.32 Å². The van der Waals surface area contributed by atoms with Crippen LogP contribution in [-0.2, 0) is 0 Å². The number of benzene rings is 1. The molecule has 102 valence electrons. The molecule has 0 aliphatic heterocycles. The second-order valence-corrected chi connectivity index (χ2v) is 5.73. The first-order valence-electron chi connectivity index (χ1n) is 7.22. The zero-order valence-corrected chi connectivity index (χ0v) is 12.2. The van der Waals surface area contributed by atoms with Crippen molar-refractivity contribution in [1.82, 2.24) is 10.3 Å². The summed E-state index contributed by atoms with van der Waals surface area (Å²) in [5.74, 6) is 1.30. The number of hydrogen-bond acceptors (Lipinski definition) is 2. The van der Waals surface area contributed by atoms with E-state index in [4.69, 9.17) is 0 Å². The first-order valence-corrected chi connectivity index (χ1v) is 7.22. The summed E-state index contributed by atoms with van der Waals surface area (Å²) in [6.45, 7) is 8.99. The van der Waals surface area contributed by atoms with E-state index in [9.17, 15) is 0 Å². The average molecular weight is 256 g/mol. The van der Waals surface area contributed by atoms with Crippen molar-refractivity contribution in [3.63, 3.8) is 0 Å². The first-order chi connectivity index (χ1) is 9.18. The van der Waals surface area contributed by atoms with Crippen LogP contribution in [0, 0.1) is 5.92 Å². The Morgan fingerprint density at radius 1 is 1.16 bits per heavy atom. The predicted octanol–water partition coefficient (Wildman–Crippen LogP) is 3.97. The summed E-state index contributed by atoms with van der Waals surface area (Å²) >= 11 is 0. The molecule has 1 atom stereocenters. The van der Waals surface area contributed by atoms with Crippen LogP contribution in [0.15, 0.2) is 36.7 Å². The van der Waals surface area contributed by atoms with Crippen LogP contribution in [-0.4, -0.2) is 18.1 Å². The summed E-state index contributed by atoms with van der Waals surface area (Å²) < 4.78 is 0. The summed E-state index contributed by atoms with van der Waals surface area (Å²) in [5, 5.41) is 6.10. The lowest BCUT2D eigenvalue weighted by Crippen LogP contribution is -2.21. The Kier molecular flexibility index (Phi) is 4.92. The van der Waals surface area contributed by atoms with Crippen molar-refractivity contribution in [3.8, 4) is 0 Å². The summed E-state index contributed by atoms with van der Waals surface area (Å²) in [6, 6.07) is 8.64. The van der Waals surface area contributed by atoms with Gasteiger partial charge >= 0.3 is 0 Å². The summed E-state index contributed by atoms with van der Waals surface area (Å²) in [5.41, 5.74) is 1.44. The molecular formula is C17H24N2. The molecule has 0 amide bonds. The van der Waals surface area contributed by atoms with Crippen molar-refractivity contribution in [2.24, 2.45) is 5.92 Å². The van der Waals surface area contributed by atoms with Crippen LogP contribution in [0.2, 0.25) is 0 Å². The fourth-order valence-corrected chi connectivity index (χ4v) is 2.44. The molecule has 1 N–H and O–H groups in total. The molecule has 0 aliphatic carbocycles. The molecule has 0 radical (unpaired) electrons. The highest BCUT2D eigenvalue weighted by molar-refractivity contribution is 5.85. The van der Waals surface area contributed by atoms with Crippen molar-refractivity contribution < 1.29 is 0 Å². The Balaban J connectivity index is 2.03. The SMILES string of the molecule is CC(C)CNCCC(C)c1cccc2cnccc12. The quantitative estimate of drug-likeness (QED) is 0.791. The summed E-state index contributed by atoms with van der Waals surface area (Å²) in [4.78, 5) is 4.20. The van der Waals surface area contributed by atoms with Crippen LogP contribution in [0.5, 0.6) is 0 Å². The van der Waals surface area contributed by atoms with E-state index in [1.165, 1.54) is 22.8 Å². The Morgan fingerprint density at radius 2 is 2.00 bits per heavy atom. The third kappa shape index (κ3) is 3.77. The lowest BCUT2D eigenvalue weighted by molar-refractivity contribution is 0.525. The molecule has 0 bridgehead atoms. The van der Waals surface area contributed by atoms with Gasteiger partial charge in [0.2, 0.25) is 0 Å². The monoisotopic (exact) mass is 256 g/mol. The van der Waals surface area contributed by atoms with Crippen LogP contribution in [0.3, 0.4) is 0 Å². The van der Waals surface area contributed by atoms with Crippen LogP contribution in [0.25, 0.3) is 10.8 Å². The standard InChI is InChI=1S/C17H24N2/c1-13(2)11-18-9-7-14(3)16-6-4-5-15-12-19-10-8-17(15)16/h4-6,8,10,12-14,18H,7,9,11H2,1-3H3. The molecule has 1 heterocycles. The molecule has 0 saturated carbocycles. The highest BCUT2D eigenvalue weighted by Crippen LogP contribution is 2.26. The van der Waals surface area contributed by atoms with Gasteiger partial charge in [-0.1, -0.05) is 39.0 Å². The van der Waals surface area contributed by atoms with Gasteiger partial charge in [0, 0.05) is 17.8 Å². The van der Waals surface area contributed by atoms with Gasteiger partial charge in [-0.25, -0.2) is 0 Å². The van der Waals surface area contributed by atoms with E-state index in [-0.39, 0.29) is 0 Å². The Bertz CT molecular complexity index is 514. The lowest BCUT2D eigenvalue weighted by Gasteiger charge is -2.15. The molecule has 19 heavy (non-hydrogen) atoms. The molecule has 2 heteroatoms. The average Bonchev–Trinajstić information content (AvgIpc) is 2.42. The van der Waals surface area contributed by atoms with Gasteiger partial charge in [0.25, 0.3) is 0 Å². The van der Waals surface area contributed by atoms with E-state index >= 15 is 0 Å². The largest absolute Gasteiger partial charge is 0.316 e. The van der Waals surface area contributed by atoms with Crippen molar-refractivity contribution in [2.45, 2.75) is 33.1 Å². The molecule has 2 nitrogen and oxygen atoms in total. The topological polar surface area (TPSA) is 24.9 Å². The molecule has 0 aliphatic rings. The maximum atomic E-state index is 4.20. The van der Waals surface area contributed by atoms with Crippen LogP contribution in [0.4, 0.5) is 0 Å². The van der Waals surface area contributed by atoms with Crippen molar-refractivity contribution >= 4 is 10.8 Å². The van der Waals surface area contributed by atoms with E-state index in [0.29, 0.717) is 5.92 Å². The number of rotatable bonds is 6. The van der Waals surface area contributed by atoms with Crippen molar-refractivity contribution in [3.05, 3.63) is 42.2 Å². The Labute approximate surface area is 116 Å². The van der Waals surface area contributed by atoms with E-state index in [0.717, 1.165) is 19.0 Å². The number of aromatic nitrogens is 1. The third-order valence-electron chi connectivity index (χ3n) is 3.55. The molecule has 2 aromatic rings. The molecule has 0 spiro atoms. The zero-order chi connectivity index (χ0) is 13.7. The van der Waals surface area contributed by atoms with Gasteiger partial charge in [-0.2, -0.15) is 0 Å². The molecule has 1 aromatic heterocycles. The van der Waals surface area contributed by atoms with Crippen LogP contribution < -0.4 is 5.32 Å². The van der Waals surface area contributed by atoms with Crippen LogP contribution >= 0.6 is 0 Å². The molecular weight excluding hydrogens is 232 g/mol. The van der Waals surface area contributed by atoms with Gasteiger partial charge in [-0.3, -0.25) is 4.98 Å². The number of nitrogens with zero attached hydrogens (tertiary/aromatic N) is 1. The normalized spacial score (nSPS) is 13.1. The number of nitrogens with one attached hydrogen (secondary N) is 1. The van der Waals surface area contributed by atoms with Gasteiger partial charge in [0.05, 0.1) is 0 Å². The minimum absolute atomic E-state index is 0.575. The summed E-state index contributed by atoms with van der Waals surface area (Å²) in [7, 11) is 0. The van der Waals surface area contributed by atoms with E-state index in [2.05, 4.69) is 55.3 Å². The zero-order valence-electron chi connectivity index (χ0n) is 12.2. The maximum absolute atomic E-state index is 4.20. The smallest absolute Gasteiger partial charge is 0.0346 e. The van der Waals surface area contributed by atoms with Crippen LogP contribution in [0.1, 0.15) is 38.7 Å². The van der Waals surface area contributed by atoms with Gasteiger partial charge in [0.15, 0.2) is 0 Å². The van der Waals surface area contributed by atoms with E-state index < -0.39 is 0 Å². The Morgan fingerprint density at radius 3 is 2.79 bits per heavy atom.